The van der Waals surface area contributed by atoms with Crippen molar-refractivity contribution in [3.05, 3.63) is 53.6 Å². The van der Waals surface area contributed by atoms with Crippen molar-refractivity contribution in [2.45, 2.75) is 26.3 Å². The normalized spacial score (nSPS) is 16.2. The Morgan fingerprint density at radius 2 is 1.86 bits per heavy atom. The van der Waals surface area contributed by atoms with Crippen molar-refractivity contribution in [3.63, 3.8) is 0 Å². The molecule has 2 aromatic rings. The quantitative estimate of drug-likeness (QED) is 0.800. The van der Waals surface area contributed by atoms with E-state index in [-0.39, 0.29) is 24.2 Å². The second-order valence-electron chi connectivity index (χ2n) is 6.76. The molecule has 1 saturated heterocycles. The van der Waals surface area contributed by atoms with Crippen LogP contribution in [0.15, 0.2) is 42.5 Å². The average Bonchev–Trinajstić information content (AvgIpc) is 3.12. The number of carbonyl (C=O) groups excluding carboxylic acids is 2. The van der Waals surface area contributed by atoms with Crippen LogP contribution in [-0.4, -0.2) is 32.6 Å². The van der Waals surface area contributed by atoms with E-state index in [4.69, 9.17) is 9.47 Å². The van der Waals surface area contributed by atoms with Crippen molar-refractivity contribution < 1.29 is 19.1 Å². The van der Waals surface area contributed by atoms with Gasteiger partial charge in [0, 0.05) is 30.8 Å². The first-order chi connectivity index (χ1) is 13.6. The van der Waals surface area contributed by atoms with Gasteiger partial charge in [-0.25, -0.2) is 0 Å². The molecule has 1 N–H and O–H groups in total. The molecule has 0 aliphatic carbocycles. The van der Waals surface area contributed by atoms with E-state index in [1.165, 1.54) is 0 Å². The second kappa shape index (κ2) is 8.78. The number of methoxy groups -OCH3 is 2. The number of aryl methyl sites for hydroxylation is 1. The fraction of sp³-hybridized carbons (Fsp3) is 0.364. The predicted molar refractivity (Wildman–Crippen MR) is 108 cm³/mol. The summed E-state index contributed by atoms with van der Waals surface area (Å²) in [4.78, 5) is 26.9. The summed E-state index contributed by atoms with van der Waals surface area (Å²) < 4.78 is 10.7. The maximum atomic E-state index is 12.7. The number of para-hydroxylation sites is 2. The number of nitrogens with one attached hydrogen (secondary N) is 1. The Labute approximate surface area is 165 Å². The van der Waals surface area contributed by atoms with Crippen LogP contribution in [0.2, 0.25) is 0 Å². The van der Waals surface area contributed by atoms with Gasteiger partial charge >= 0.3 is 0 Å². The number of anilines is 1. The molecule has 1 heterocycles. The van der Waals surface area contributed by atoms with Crippen molar-refractivity contribution in [2.75, 3.05) is 25.7 Å². The maximum Gasteiger partial charge on any atom is 0.227 e. The molecule has 1 aliphatic rings. The van der Waals surface area contributed by atoms with Crippen LogP contribution in [-0.2, 0) is 22.6 Å². The summed E-state index contributed by atoms with van der Waals surface area (Å²) in [6, 6.07) is 13.4. The summed E-state index contributed by atoms with van der Waals surface area (Å²) in [5.74, 6) is 0.711. The highest BCUT2D eigenvalue weighted by Gasteiger charge is 2.35. The zero-order valence-corrected chi connectivity index (χ0v) is 16.5. The van der Waals surface area contributed by atoms with E-state index in [0.29, 0.717) is 24.6 Å². The molecule has 148 valence electrons. The van der Waals surface area contributed by atoms with Crippen LogP contribution in [0.4, 0.5) is 5.69 Å². The molecule has 1 atom stereocenters. The van der Waals surface area contributed by atoms with Gasteiger partial charge in [-0.15, -0.1) is 0 Å². The van der Waals surface area contributed by atoms with Crippen molar-refractivity contribution in [3.8, 4) is 11.5 Å². The van der Waals surface area contributed by atoms with Gasteiger partial charge in [0.1, 0.15) is 0 Å². The number of hydrogen-bond donors (Lipinski definition) is 1. The van der Waals surface area contributed by atoms with Gasteiger partial charge in [0.2, 0.25) is 11.8 Å². The van der Waals surface area contributed by atoms with E-state index in [9.17, 15) is 9.59 Å². The molecular formula is C22H26N2O4. The Kier molecular flexibility index (Phi) is 6.19. The van der Waals surface area contributed by atoms with Crippen LogP contribution in [0.5, 0.6) is 11.5 Å². The predicted octanol–water partition coefficient (Wildman–Crippen LogP) is 2.94. The summed E-state index contributed by atoms with van der Waals surface area (Å²) in [7, 11) is 3.15. The topological polar surface area (TPSA) is 67.9 Å². The van der Waals surface area contributed by atoms with Crippen LogP contribution in [0, 0.1) is 5.92 Å². The largest absolute Gasteiger partial charge is 0.493 e. The molecular weight excluding hydrogens is 356 g/mol. The SMILES string of the molecule is CCc1ccccc1N1CC(C(=O)NCc2cccc(OC)c2OC)CC1=O. The molecule has 3 rings (SSSR count). The molecule has 1 fully saturated rings. The Morgan fingerprint density at radius 1 is 1.11 bits per heavy atom. The minimum absolute atomic E-state index is 0.0139. The first-order valence-corrected chi connectivity index (χ1v) is 9.44. The number of benzene rings is 2. The molecule has 1 aliphatic heterocycles. The third kappa shape index (κ3) is 3.96. The third-order valence-electron chi connectivity index (χ3n) is 5.10. The molecule has 1 unspecified atom stereocenters. The summed E-state index contributed by atoms with van der Waals surface area (Å²) in [5, 5.41) is 2.93. The molecule has 2 amide bonds. The van der Waals surface area contributed by atoms with Gasteiger partial charge in [0.15, 0.2) is 11.5 Å². The fourth-order valence-electron chi connectivity index (χ4n) is 3.61. The molecule has 0 radical (unpaired) electrons. The number of rotatable bonds is 7. The highest BCUT2D eigenvalue weighted by molar-refractivity contribution is 6.00. The number of hydrogen-bond acceptors (Lipinski definition) is 4. The van der Waals surface area contributed by atoms with Crippen LogP contribution < -0.4 is 19.7 Å². The lowest BCUT2D eigenvalue weighted by molar-refractivity contribution is -0.126. The fourth-order valence-corrected chi connectivity index (χ4v) is 3.61. The third-order valence-corrected chi connectivity index (χ3v) is 5.10. The summed E-state index contributed by atoms with van der Waals surface area (Å²) in [6.45, 7) is 2.78. The molecule has 0 bridgehead atoms. The van der Waals surface area contributed by atoms with Crippen LogP contribution in [0.3, 0.4) is 0 Å². The zero-order valence-electron chi connectivity index (χ0n) is 16.5. The lowest BCUT2D eigenvalue weighted by Crippen LogP contribution is -2.33. The summed E-state index contributed by atoms with van der Waals surface area (Å²) >= 11 is 0. The van der Waals surface area contributed by atoms with Crippen LogP contribution in [0.25, 0.3) is 0 Å². The van der Waals surface area contributed by atoms with Gasteiger partial charge in [-0.1, -0.05) is 37.3 Å². The number of ether oxygens (including phenoxy) is 2. The first-order valence-electron chi connectivity index (χ1n) is 9.44. The Morgan fingerprint density at radius 3 is 2.57 bits per heavy atom. The molecule has 0 aromatic heterocycles. The second-order valence-corrected chi connectivity index (χ2v) is 6.76. The van der Waals surface area contributed by atoms with Gasteiger partial charge in [-0.3, -0.25) is 9.59 Å². The van der Waals surface area contributed by atoms with E-state index in [1.807, 2.05) is 42.5 Å². The minimum atomic E-state index is -0.367. The molecule has 2 aromatic carbocycles. The Hall–Kier alpha value is -3.02. The highest BCUT2D eigenvalue weighted by Crippen LogP contribution is 2.31. The van der Waals surface area contributed by atoms with Gasteiger partial charge in [0.05, 0.1) is 20.1 Å². The molecule has 0 saturated carbocycles. The van der Waals surface area contributed by atoms with Crippen molar-refractivity contribution >= 4 is 17.5 Å². The van der Waals surface area contributed by atoms with E-state index in [2.05, 4.69) is 12.2 Å². The molecule has 6 nitrogen and oxygen atoms in total. The number of carbonyl (C=O) groups is 2. The molecule has 28 heavy (non-hydrogen) atoms. The molecule has 6 heteroatoms. The van der Waals surface area contributed by atoms with Crippen LogP contribution >= 0.6 is 0 Å². The molecule has 0 spiro atoms. The standard InChI is InChI=1S/C22H26N2O4/c1-4-15-8-5-6-10-18(15)24-14-17(12-20(24)25)22(26)23-13-16-9-7-11-19(27-2)21(16)28-3/h5-11,17H,4,12-14H2,1-3H3,(H,23,26). The van der Waals surface area contributed by atoms with Gasteiger partial charge in [-0.05, 0) is 24.1 Å². The number of nitrogens with zero attached hydrogens (tertiary/aromatic N) is 1. The highest BCUT2D eigenvalue weighted by atomic mass is 16.5. The first kappa shape index (κ1) is 19.7. The van der Waals surface area contributed by atoms with Gasteiger partial charge in [-0.2, -0.15) is 0 Å². The monoisotopic (exact) mass is 382 g/mol. The van der Waals surface area contributed by atoms with E-state index >= 15 is 0 Å². The average molecular weight is 382 g/mol. The van der Waals surface area contributed by atoms with Crippen molar-refractivity contribution in [1.82, 2.24) is 5.32 Å². The van der Waals surface area contributed by atoms with Crippen molar-refractivity contribution in [2.24, 2.45) is 5.92 Å². The lowest BCUT2D eigenvalue weighted by atomic mass is 10.1. The van der Waals surface area contributed by atoms with Gasteiger partial charge < -0.3 is 19.7 Å². The number of amides is 2. The summed E-state index contributed by atoms with van der Waals surface area (Å²) in [6.07, 6.45) is 1.06. The van der Waals surface area contributed by atoms with E-state index in [1.54, 1.807) is 19.1 Å². The Bertz CT molecular complexity index is 865. The van der Waals surface area contributed by atoms with E-state index < -0.39 is 0 Å². The van der Waals surface area contributed by atoms with Crippen LogP contribution in [0.1, 0.15) is 24.5 Å². The Balaban J connectivity index is 1.67. The zero-order chi connectivity index (χ0) is 20.1. The van der Waals surface area contributed by atoms with Crippen molar-refractivity contribution in [1.29, 1.82) is 0 Å². The van der Waals surface area contributed by atoms with E-state index in [0.717, 1.165) is 23.2 Å². The minimum Gasteiger partial charge on any atom is -0.493 e. The lowest BCUT2D eigenvalue weighted by Gasteiger charge is -2.20. The van der Waals surface area contributed by atoms with Gasteiger partial charge in [0.25, 0.3) is 0 Å². The smallest absolute Gasteiger partial charge is 0.227 e. The maximum absolute atomic E-state index is 12.7. The summed E-state index contributed by atoms with van der Waals surface area (Å²) in [5.41, 5.74) is 2.84.